The Hall–Kier alpha value is -1.21. The third-order valence-corrected chi connectivity index (χ3v) is 4.17. The Bertz CT molecular complexity index is 596. The van der Waals surface area contributed by atoms with Gasteiger partial charge < -0.3 is 9.84 Å². The highest BCUT2D eigenvalue weighted by Crippen LogP contribution is 2.31. The lowest BCUT2D eigenvalue weighted by Crippen LogP contribution is -2.00. The molecule has 2 aromatic carbocycles. The molecule has 0 radical (unpaired) electrons. The molecule has 0 aliphatic rings. The van der Waals surface area contributed by atoms with Gasteiger partial charge in [0.15, 0.2) is 0 Å². The van der Waals surface area contributed by atoms with Crippen LogP contribution in [-0.4, -0.2) is 18.2 Å². The first-order valence-corrected chi connectivity index (χ1v) is 7.34. The molecule has 1 N–H and O–H groups in total. The van der Waals surface area contributed by atoms with Gasteiger partial charge in [-0.25, -0.2) is 4.79 Å². The average molecular weight is 386 g/mol. The minimum atomic E-state index is -0.984. The molecule has 0 spiro atoms. The lowest BCUT2D eigenvalue weighted by molar-refractivity contribution is 0.0693. The van der Waals surface area contributed by atoms with Gasteiger partial charge in [-0.05, 0) is 65.1 Å². The molecule has 0 saturated carbocycles. The van der Waals surface area contributed by atoms with Crippen molar-refractivity contribution in [2.75, 3.05) is 7.11 Å². The molecule has 0 saturated heterocycles. The van der Waals surface area contributed by atoms with Crippen molar-refractivity contribution in [1.29, 1.82) is 0 Å². The zero-order chi connectivity index (χ0) is 13.8. The molecule has 0 aliphatic heterocycles. The fraction of sp³-hybridized carbons (Fsp3) is 0.0714. The number of benzene rings is 2. The molecule has 2 aromatic rings. The van der Waals surface area contributed by atoms with E-state index in [1.54, 1.807) is 12.1 Å². The van der Waals surface area contributed by atoms with Crippen molar-refractivity contribution in [2.24, 2.45) is 0 Å². The van der Waals surface area contributed by atoms with E-state index in [4.69, 9.17) is 9.84 Å². The van der Waals surface area contributed by atoms with Gasteiger partial charge in [-0.3, -0.25) is 0 Å². The first kappa shape index (κ1) is 14.2. The first-order valence-electron chi connectivity index (χ1n) is 5.45. The zero-order valence-electron chi connectivity index (χ0n) is 10.1. The lowest BCUT2D eigenvalue weighted by atomic mass is 10.2. The molecule has 0 atom stereocenters. The number of carbonyl (C=O) groups is 1. The lowest BCUT2D eigenvalue weighted by Gasteiger charge is -2.07. The van der Waals surface area contributed by atoms with Crippen LogP contribution < -0.4 is 4.74 Å². The molecular weight excluding hydrogens is 375 g/mol. The first-order chi connectivity index (χ1) is 9.10. The molecular formula is C14H11IO3S. The van der Waals surface area contributed by atoms with E-state index in [1.807, 2.05) is 30.3 Å². The van der Waals surface area contributed by atoms with E-state index in [2.05, 4.69) is 22.6 Å². The van der Waals surface area contributed by atoms with Gasteiger partial charge in [0, 0.05) is 13.4 Å². The third kappa shape index (κ3) is 3.63. The second-order valence-electron chi connectivity index (χ2n) is 3.72. The van der Waals surface area contributed by atoms with E-state index >= 15 is 0 Å². The quantitative estimate of drug-likeness (QED) is 0.803. The molecule has 0 heterocycles. The van der Waals surface area contributed by atoms with Crippen molar-refractivity contribution < 1.29 is 14.6 Å². The monoisotopic (exact) mass is 386 g/mol. The molecule has 0 fully saturated rings. The van der Waals surface area contributed by atoms with Crippen LogP contribution >= 0.6 is 34.4 Å². The normalized spacial score (nSPS) is 10.2. The van der Waals surface area contributed by atoms with Crippen molar-refractivity contribution in [2.45, 2.75) is 9.79 Å². The molecule has 5 heteroatoms. The van der Waals surface area contributed by atoms with E-state index < -0.39 is 5.97 Å². The second-order valence-corrected chi connectivity index (χ2v) is 6.12. The molecule has 2 rings (SSSR count). The predicted octanol–water partition coefficient (Wildman–Crippen LogP) is 4.15. The second kappa shape index (κ2) is 6.29. The van der Waals surface area contributed by atoms with Gasteiger partial charge in [-0.15, -0.1) is 0 Å². The van der Waals surface area contributed by atoms with Crippen LogP contribution in [0.3, 0.4) is 0 Å². The van der Waals surface area contributed by atoms with Crippen LogP contribution in [0.2, 0.25) is 0 Å². The summed E-state index contributed by atoms with van der Waals surface area (Å²) in [6.45, 7) is 0. The maximum absolute atomic E-state index is 11.1. The van der Waals surface area contributed by atoms with Gasteiger partial charge in [-0.1, -0.05) is 11.8 Å². The molecule has 0 amide bonds. The number of ether oxygens (including phenoxy) is 1. The Morgan fingerprint density at radius 1 is 1.16 bits per heavy atom. The summed E-state index contributed by atoms with van der Waals surface area (Å²) < 4.78 is 6.21. The topological polar surface area (TPSA) is 46.5 Å². The Morgan fingerprint density at radius 2 is 1.79 bits per heavy atom. The van der Waals surface area contributed by atoms with Gasteiger partial charge in [0.05, 0.1) is 7.11 Å². The molecule has 0 bridgehead atoms. The number of carboxylic acid groups (broad SMARTS) is 1. The van der Waals surface area contributed by atoms with E-state index in [9.17, 15) is 4.79 Å². The molecule has 0 aliphatic carbocycles. The molecule has 98 valence electrons. The number of hydrogen-bond donors (Lipinski definition) is 1. The predicted molar refractivity (Wildman–Crippen MR) is 83.2 cm³/mol. The van der Waals surface area contributed by atoms with Crippen molar-refractivity contribution in [3.8, 4) is 5.75 Å². The SMILES string of the molecule is COc1ccc(Sc2ccc(I)cc2)cc1C(=O)O. The number of halogens is 1. The van der Waals surface area contributed by atoms with Gasteiger partial charge in [-0.2, -0.15) is 0 Å². The summed E-state index contributed by atoms with van der Waals surface area (Å²) in [4.78, 5) is 13.1. The highest BCUT2D eigenvalue weighted by Gasteiger charge is 2.12. The van der Waals surface area contributed by atoms with E-state index in [0.29, 0.717) is 5.75 Å². The average Bonchev–Trinajstić information content (AvgIpc) is 2.41. The molecule has 0 aromatic heterocycles. The number of carboxylic acids is 1. The van der Waals surface area contributed by atoms with Crippen LogP contribution in [0.4, 0.5) is 0 Å². The van der Waals surface area contributed by atoms with Gasteiger partial charge in [0.2, 0.25) is 0 Å². The van der Waals surface area contributed by atoms with E-state index in [0.717, 1.165) is 9.79 Å². The Kier molecular flexibility index (Phi) is 4.71. The summed E-state index contributed by atoms with van der Waals surface area (Å²) in [6, 6.07) is 13.2. The van der Waals surface area contributed by atoms with Crippen LogP contribution in [-0.2, 0) is 0 Å². The largest absolute Gasteiger partial charge is 0.496 e. The summed E-state index contributed by atoms with van der Waals surface area (Å²) >= 11 is 3.77. The summed E-state index contributed by atoms with van der Waals surface area (Å²) in [5, 5.41) is 9.13. The van der Waals surface area contributed by atoms with Crippen LogP contribution in [0.5, 0.6) is 5.75 Å². The van der Waals surface area contributed by atoms with Crippen LogP contribution in [0.15, 0.2) is 52.3 Å². The van der Waals surface area contributed by atoms with Crippen LogP contribution in [0.1, 0.15) is 10.4 Å². The van der Waals surface area contributed by atoms with Crippen molar-refractivity contribution >= 4 is 40.3 Å². The molecule has 3 nitrogen and oxygen atoms in total. The highest BCUT2D eigenvalue weighted by molar-refractivity contribution is 14.1. The van der Waals surface area contributed by atoms with Gasteiger partial charge in [0.25, 0.3) is 0 Å². The summed E-state index contributed by atoms with van der Waals surface area (Å²) in [6.07, 6.45) is 0. The van der Waals surface area contributed by atoms with Gasteiger partial charge >= 0.3 is 5.97 Å². The summed E-state index contributed by atoms with van der Waals surface area (Å²) in [5.41, 5.74) is 0.179. The minimum Gasteiger partial charge on any atom is -0.496 e. The maximum atomic E-state index is 11.1. The van der Waals surface area contributed by atoms with Crippen LogP contribution in [0, 0.1) is 3.57 Å². The molecule has 0 unspecified atom stereocenters. The Balaban J connectivity index is 2.28. The maximum Gasteiger partial charge on any atom is 0.339 e. The Morgan fingerprint density at radius 3 is 2.37 bits per heavy atom. The number of rotatable bonds is 4. The van der Waals surface area contributed by atoms with E-state index in [1.165, 1.54) is 22.4 Å². The highest BCUT2D eigenvalue weighted by atomic mass is 127. The smallest absolute Gasteiger partial charge is 0.339 e. The van der Waals surface area contributed by atoms with Crippen molar-refractivity contribution in [1.82, 2.24) is 0 Å². The summed E-state index contributed by atoms with van der Waals surface area (Å²) in [7, 11) is 1.47. The fourth-order valence-corrected chi connectivity index (χ4v) is 2.77. The van der Waals surface area contributed by atoms with Crippen LogP contribution in [0.25, 0.3) is 0 Å². The minimum absolute atomic E-state index is 0.179. The molecule has 19 heavy (non-hydrogen) atoms. The number of aromatic carboxylic acids is 1. The fourth-order valence-electron chi connectivity index (χ4n) is 1.56. The van der Waals surface area contributed by atoms with Crippen molar-refractivity contribution in [3.05, 3.63) is 51.6 Å². The third-order valence-electron chi connectivity index (χ3n) is 2.45. The van der Waals surface area contributed by atoms with Crippen molar-refractivity contribution in [3.63, 3.8) is 0 Å². The Labute approximate surface area is 129 Å². The van der Waals surface area contributed by atoms with Gasteiger partial charge in [0.1, 0.15) is 11.3 Å². The number of hydrogen-bond acceptors (Lipinski definition) is 3. The summed E-state index contributed by atoms with van der Waals surface area (Å²) in [5.74, 6) is -0.610. The number of methoxy groups -OCH3 is 1. The standard InChI is InChI=1S/C14H11IO3S/c1-18-13-7-6-11(8-12(13)14(16)17)19-10-4-2-9(15)3-5-10/h2-8H,1H3,(H,16,17). The zero-order valence-corrected chi connectivity index (χ0v) is 13.1. The van der Waals surface area contributed by atoms with E-state index in [-0.39, 0.29) is 5.56 Å².